The van der Waals surface area contributed by atoms with E-state index in [4.69, 9.17) is 4.42 Å². The first-order valence-electron chi connectivity index (χ1n) is 9.17. The van der Waals surface area contributed by atoms with Gasteiger partial charge in [-0.3, -0.25) is 14.2 Å². The molecule has 0 saturated carbocycles. The van der Waals surface area contributed by atoms with Gasteiger partial charge in [-0.2, -0.15) is 0 Å². The van der Waals surface area contributed by atoms with Gasteiger partial charge in [0.2, 0.25) is 11.5 Å². The lowest BCUT2D eigenvalue weighted by Gasteiger charge is -2.16. The number of benzene rings is 2. The van der Waals surface area contributed by atoms with Crippen molar-refractivity contribution in [3.8, 4) is 0 Å². The minimum absolute atomic E-state index is 0.117. The first kappa shape index (κ1) is 18.0. The van der Waals surface area contributed by atoms with Crippen LogP contribution in [-0.2, 0) is 11.3 Å². The van der Waals surface area contributed by atoms with E-state index in [0.717, 1.165) is 10.9 Å². The van der Waals surface area contributed by atoms with Gasteiger partial charge in [0, 0.05) is 5.39 Å². The smallest absolute Gasteiger partial charge is 0.297 e. The number of aryl methyl sites for hydroxylation is 2. The van der Waals surface area contributed by atoms with Crippen molar-refractivity contribution in [2.75, 3.05) is 0 Å². The van der Waals surface area contributed by atoms with Crippen LogP contribution < -0.4 is 10.9 Å². The van der Waals surface area contributed by atoms with Crippen LogP contribution in [0.1, 0.15) is 29.7 Å². The van der Waals surface area contributed by atoms with Gasteiger partial charge in [0.1, 0.15) is 17.6 Å². The second kappa shape index (κ2) is 6.96. The number of furan rings is 1. The van der Waals surface area contributed by atoms with Crippen molar-refractivity contribution in [1.82, 2.24) is 14.9 Å². The highest BCUT2D eigenvalue weighted by atomic mass is 16.3. The van der Waals surface area contributed by atoms with Crippen LogP contribution in [0.4, 0.5) is 0 Å². The molecule has 0 aliphatic heterocycles. The Bertz CT molecular complexity index is 1250. The fraction of sp³-hybridized carbons (Fsp3) is 0.227. The number of carbonyl (C=O) groups excluding carboxylic acids is 1. The van der Waals surface area contributed by atoms with Crippen LogP contribution >= 0.6 is 0 Å². The molecule has 1 N–H and O–H groups in total. The highest BCUT2D eigenvalue weighted by Crippen LogP contribution is 2.24. The third-order valence-electron chi connectivity index (χ3n) is 5.07. The van der Waals surface area contributed by atoms with E-state index < -0.39 is 0 Å². The molecule has 2 aromatic heterocycles. The van der Waals surface area contributed by atoms with Crippen LogP contribution in [0, 0.1) is 13.8 Å². The maximum Gasteiger partial charge on any atom is 0.297 e. The highest BCUT2D eigenvalue weighted by Gasteiger charge is 2.16. The van der Waals surface area contributed by atoms with Crippen LogP contribution in [0.2, 0.25) is 0 Å². The van der Waals surface area contributed by atoms with Crippen LogP contribution in [-0.4, -0.2) is 15.5 Å². The summed E-state index contributed by atoms with van der Waals surface area (Å²) >= 11 is 0. The minimum atomic E-state index is -0.366. The number of hydrogen-bond donors (Lipinski definition) is 1. The lowest BCUT2D eigenvalue weighted by molar-refractivity contribution is -0.122. The Morgan fingerprint density at radius 3 is 2.75 bits per heavy atom. The van der Waals surface area contributed by atoms with E-state index in [1.807, 2.05) is 44.2 Å². The second-order valence-electron chi connectivity index (χ2n) is 7.09. The fourth-order valence-electron chi connectivity index (χ4n) is 3.29. The Morgan fingerprint density at radius 1 is 1.18 bits per heavy atom. The molecule has 28 heavy (non-hydrogen) atoms. The normalized spacial score (nSPS) is 12.4. The van der Waals surface area contributed by atoms with Crippen molar-refractivity contribution < 1.29 is 9.21 Å². The molecule has 2 aromatic carbocycles. The molecule has 1 amide bonds. The molecule has 0 radical (unpaired) electrons. The van der Waals surface area contributed by atoms with E-state index in [-0.39, 0.29) is 29.6 Å². The third-order valence-corrected chi connectivity index (χ3v) is 5.07. The zero-order valence-electron chi connectivity index (χ0n) is 16.0. The Morgan fingerprint density at radius 2 is 1.96 bits per heavy atom. The number of nitrogens with zero attached hydrogens (tertiary/aromatic N) is 2. The van der Waals surface area contributed by atoms with Gasteiger partial charge >= 0.3 is 0 Å². The van der Waals surface area contributed by atoms with Crippen LogP contribution in [0.3, 0.4) is 0 Å². The van der Waals surface area contributed by atoms with Crippen molar-refractivity contribution in [2.24, 2.45) is 0 Å². The first-order chi connectivity index (χ1) is 13.4. The molecule has 4 aromatic rings. The molecule has 1 atom stereocenters. The van der Waals surface area contributed by atoms with Gasteiger partial charge < -0.3 is 9.73 Å². The van der Waals surface area contributed by atoms with E-state index >= 15 is 0 Å². The number of para-hydroxylation sites is 1. The lowest BCUT2D eigenvalue weighted by Crippen LogP contribution is -2.33. The maximum absolute atomic E-state index is 12.7. The number of nitrogens with one attached hydrogen (secondary N) is 1. The molecule has 0 saturated heterocycles. The molecule has 0 fully saturated rings. The summed E-state index contributed by atoms with van der Waals surface area (Å²) < 4.78 is 6.92. The van der Waals surface area contributed by atoms with Gasteiger partial charge in [0.25, 0.3) is 5.56 Å². The molecular formula is C22H21N3O3. The highest BCUT2D eigenvalue weighted by molar-refractivity contribution is 6.01. The molecule has 6 nitrogen and oxygen atoms in total. The average molecular weight is 375 g/mol. The van der Waals surface area contributed by atoms with E-state index in [0.29, 0.717) is 11.1 Å². The number of aromatic nitrogens is 2. The van der Waals surface area contributed by atoms with E-state index in [2.05, 4.69) is 23.3 Å². The number of carbonyl (C=O) groups is 1. The zero-order chi connectivity index (χ0) is 19.8. The molecular weight excluding hydrogens is 354 g/mol. The summed E-state index contributed by atoms with van der Waals surface area (Å²) in [6.45, 7) is 5.90. The predicted octanol–water partition coefficient (Wildman–Crippen LogP) is 3.64. The minimum Gasteiger partial charge on any atom is -0.448 e. The van der Waals surface area contributed by atoms with Crippen molar-refractivity contribution >= 4 is 28.0 Å². The Kier molecular flexibility index (Phi) is 4.47. The van der Waals surface area contributed by atoms with Gasteiger partial charge in [-0.1, -0.05) is 30.3 Å². The standard InChI is InChI=1S/C22H21N3O3/c1-13-8-9-16(10-14(13)2)15(3)24-19(26)11-25-12-23-20-17-6-4-5-7-18(17)28-21(20)22(25)27/h4-10,12,15H,11H2,1-3H3,(H,24,26). The van der Waals surface area contributed by atoms with Crippen LogP contribution in [0.5, 0.6) is 0 Å². The summed E-state index contributed by atoms with van der Waals surface area (Å²) in [6, 6.07) is 13.3. The summed E-state index contributed by atoms with van der Waals surface area (Å²) in [4.78, 5) is 29.5. The molecule has 0 aliphatic rings. The molecule has 4 rings (SSSR count). The van der Waals surface area contributed by atoms with Crippen molar-refractivity contribution in [2.45, 2.75) is 33.4 Å². The Balaban J connectivity index is 1.56. The first-order valence-corrected chi connectivity index (χ1v) is 9.17. The number of rotatable bonds is 4. The number of hydrogen-bond acceptors (Lipinski definition) is 4. The van der Waals surface area contributed by atoms with Crippen molar-refractivity contribution in [1.29, 1.82) is 0 Å². The molecule has 142 valence electrons. The molecule has 0 bridgehead atoms. The van der Waals surface area contributed by atoms with Gasteiger partial charge in [-0.15, -0.1) is 0 Å². The third kappa shape index (κ3) is 3.17. The topological polar surface area (TPSA) is 77.1 Å². The Labute approximate surface area is 161 Å². The summed E-state index contributed by atoms with van der Waals surface area (Å²) in [5.74, 6) is -0.259. The van der Waals surface area contributed by atoms with Crippen LogP contribution in [0.15, 0.2) is 58.0 Å². The van der Waals surface area contributed by atoms with E-state index in [9.17, 15) is 9.59 Å². The maximum atomic E-state index is 12.7. The quantitative estimate of drug-likeness (QED) is 0.591. The average Bonchev–Trinajstić information content (AvgIpc) is 3.05. The van der Waals surface area contributed by atoms with Gasteiger partial charge in [0.05, 0.1) is 12.4 Å². The fourth-order valence-corrected chi connectivity index (χ4v) is 3.29. The molecule has 6 heteroatoms. The van der Waals surface area contributed by atoms with Crippen molar-refractivity contribution in [3.63, 3.8) is 0 Å². The van der Waals surface area contributed by atoms with Gasteiger partial charge in [0.15, 0.2) is 0 Å². The van der Waals surface area contributed by atoms with Crippen LogP contribution in [0.25, 0.3) is 22.1 Å². The molecule has 2 heterocycles. The summed E-state index contributed by atoms with van der Waals surface area (Å²) in [6.07, 6.45) is 1.40. The largest absolute Gasteiger partial charge is 0.448 e. The molecule has 1 unspecified atom stereocenters. The van der Waals surface area contributed by atoms with Gasteiger partial charge in [-0.05, 0) is 49.6 Å². The summed E-state index contributed by atoms with van der Waals surface area (Å²) in [7, 11) is 0. The van der Waals surface area contributed by atoms with E-state index in [1.165, 1.54) is 22.0 Å². The number of amides is 1. The zero-order valence-corrected chi connectivity index (χ0v) is 16.0. The Hall–Kier alpha value is -3.41. The van der Waals surface area contributed by atoms with Gasteiger partial charge in [-0.25, -0.2) is 4.98 Å². The monoisotopic (exact) mass is 375 g/mol. The number of fused-ring (bicyclic) bond motifs is 3. The predicted molar refractivity (Wildman–Crippen MR) is 108 cm³/mol. The van der Waals surface area contributed by atoms with E-state index in [1.54, 1.807) is 6.07 Å². The summed E-state index contributed by atoms with van der Waals surface area (Å²) in [5, 5.41) is 3.72. The SMILES string of the molecule is Cc1ccc(C(C)NC(=O)Cn2cnc3c(oc4ccccc43)c2=O)cc1C. The molecule has 0 spiro atoms. The summed E-state index contributed by atoms with van der Waals surface area (Å²) in [5.41, 5.74) is 4.32. The lowest BCUT2D eigenvalue weighted by atomic mass is 10.0. The van der Waals surface area contributed by atoms with Crippen molar-refractivity contribution in [3.05, 3.63) is 75.8 Å². The second-order valence-corrected chi connectivity index (χ2v) is 7.09. The molecule has 0 aliphatic carbocycles.